The van der Waals surface area contributed by atoms with E-state index >= 15 is 0 Å². The van der Waals surface area contributed by atoms with Crippen molar-refractivity contribution < 1.29 is 4.79 Å². The molecule has 1 unspecified atom stereocenters. The molecule has 1 rings (SSSR count). The molecule has 0 aromatic carbocycles. The van der Waals surface area contributed by atoms with E-state index in [1.165, 1.54) is 11.3 Å². The predicted octanol–water partition coefficient (Wildman–Crippen LogP) is 3.32. The number of Topliss-reactive ketones (excluding diaryl/α,β-unsaturated/α-hetero) is 1. The first kappa shape index (κ1) is 10.2. The molecule has 0 saturated carbocycles. The fourth-order valence-corrected chi connectivity index (χ4v) is 2.63. The molecule has 4 heteroatoms. The zero-order valence-electron chi connectivity index (χ0n) is 6.30. The Morgan fingerprint density at radius 2 is 2.50 bits per heavy atom. The molecule has 1 nitrogen and oxygen atoms in total. The van der Waals surface area contributed by atoms with E-state index in [1.54, 1.807) is 0 Å². The van der Waals surface area contributed by atoms with Crippen molar-refractivity contribution >= 4 is 44.7 Å². The standard InChI is InChI=1S/C8H8BrClOS/c9-6(3-4-10)8(11)7-2-1-5-12-7/h1-2,5-6H,3-4H2. The highest BCUT2D eigenvalue weighted by molar-refractivity contribution is 9.10. The van der Waals surface area contributed by atoms with Crippen LogP contribution < -0.4 is 0 Å². The maximum Gasteiger partial charge on any atom is 0.186 e. The van der Waals surface area contributed by atoms with Crippen LogP contribution in [-0.4, -0.2) is 16.5 Å². The van der Waals surface area contributed by atoms with Crippen molar-refractivity contribution in [3.8, 4) is 0 Å². The van der Waals surface area contributed by atoms with Gasteiger partial charge in [0, 0.05) is 5.88 Å². The molecule has 0 spiro atoms. The van der Waals surface area contributed by atoms with Crippen LogP contribution in [0.5, 0.6) is 0 Å². The van der Waals surface area contributed by atoms with Gasteiger partial charge in [-0.2, -0.15) is 0 Å². The van der Waals surface area contributed by atoms with Gasteiger partial charge in [0.1, 0.15) is 0 Å². The van der Waals surface area contributed by atoms with Crippen LogP contribution in [0.4, 0.5) is 0 Å². The largest absolute Gasteiger partial charge is 0.292 e. The summed E-state index contributed by atoms with van der Waals surface area (Å²) in [4.78, 5) is 12.2. The van der Waals surface area contributed by atoms with Crippen LogP contribution in [0, 0.1) is 0 Å². The lowest BCUT2D eigenvalue weighted by atomic mass is 10.2. The Morgan fingerprint density at radius 3 is 3.00 bits per heavy atom. The molecule has 0 saturated heterocycles. The quantitative estimate of drug-likeness (QED) is 0.604. The number of rotatable bonds is 4. The van der Waals surface area contributed by atoms with Crippen LogP contribution in [0.2, 0.25) is 0 Å². The molecule has 0 N–H and O–H groups in total. The van der Waals surface area contributed by atoms with Crippen molar-refractivity contribution in [2.24, 2.45) is 0 Å². The highest BCUT2D eigenvalue weighted by Crippen LogP contribution is 2.17. The first-order valence-corrected chi connectivity index (χ1v) is 5.86. The Balaban J connectivity index is 2.59. The van der Waals surface area contributed by atoms with E-state index in [4.69, 9.17) is 11.6 Å². The number of hydrogen-bond acceptors (Lipinski definition) is 2. The Kier molecular flexibility index (Phi) is 4.26. The maximum absolute atomic E-state index is 11.5. The third kappa shape index (κ3) is 2.57. The lowest BCUT2D eigenvalue weighted by Gasteiger charge is -2.03. The second kappa shape index (κ2) is 5.00. The summed E-state index contributed by atoms with van der Waals surface area (Å²) in [5.74, 6) is 0.637. The number of thiophene rings is 1. The monoisotopic (exact) mass is 266 g/mol. The number of carbonyl (C=O) groups excluding carboxylic acids is 1. The number of alkyl halides is 2. The van der Waals surface area contributed by atoms with E-state index in [9.17, 15) is 4.79 Å². The summed E-state index contributed by atoms with van der Waals surface area (Å²) in [6, 6.07) is 3.70. The van der Waals surface area contributed by atoms with Crippen molar-refractivity contribution in [1.82, 2.24) is 0 Å². The lowest BCUT2D eigenvalue weighted by molar-refractivity contribution is 0.0994. The van der Waals surface area contributed by atoms with Crippen LogP contribution in [0.25, 0.3) is 0 Å². The number of ketones is 1. The number of halogens is 2. The van der Waals surface area contributed by atoms with Crippen LogP contribution >= 0.6 is 38.9 Å². The highest BCUT2D eigenvalue weighted by atomic mass is 79.9. The minimum atomic E-state index is -0.131. The topological polar surface area (TPSA) is 17.1 Å². The van der Waals surface area contributed by atoms with E-state index in [-0.39, 0.29) is 10.6 Å². The van der Waals surface area contributed by atoms with Gasteiger partial charge >= 0.3 is 0 Å². The molecule has 0 bridgehead atoms. The van der Waals surface area contributed by atoms with Gasteiger partial charge in [-0.3, -0.25) is 4.79 Å². The van der Waals surface area contributed by atoms with Gasteiger partial charge in [0.2, 0.25) is 0 Å². The first-order valence-electron chi connectivity index (χ1n) is 3.53. The molecular weight excluding hydrogens is 260 g/mol. The molecule has 0 aliphatic rings. The first-order chi connectivity index (χ1) is 5.75. The normalized spacial score (nSPS) is 12.8. The molecule has 12 heavy (non-hydrogen) atoms. The minimum absolute atomic E-state index is 0.130. The van der Waals surface area contributed by atoms with Gasteiger partial charge in [-0.15, -0.1) is 22.9 Å². The van der Waals surface area contributed by atoms with Gasteiger partial charge < -0.3 is 0 Å². The van der Waals surface area contributed by atoms with Crippen LogP contribution in [0.15, 0.2) is 17.5 Å². The van der Waals surface area contributed by atoms with Crippen LogP contribution in [0.3, 0.4) is 0 Å². The van der Waals surface area contributed by atoms with E-state index in [0.29, 0.717) is 12.3 Å². The summed E-state index contributed by atoms with van der Waals surface area (Å²) >= 11 is 10.3. The lowest BCUT2D eigenvalue weighted by Crippen LogP contribution is -2.13. The Morgan fingerprint density at radius 1 is 1.75 bits per heavy atom. The summed E-state index contributed by atoms with van der Waals surface area (Å²) in [5.41, 5.74) is 0. The van der Waals surface area contributed by atoms with E-state index in [0.717, 1.165) is 4.88 Å². The van der Waals surface area contributed by atoms with E-state index < -0.39 is 0 Å². The van der Waals surface area contributed by atoms with Gasteiger partial charge in [0.05, 0.1) is 9.70 Å². The molecule has 1 atom stereocenters. The average Bonchev–Trinajstić information content (AvgIpc) is 2.55. The summed E-state index contributed by atoms with van der Waals surface area (Å²) < 4.78 is 0. The molecule has 0 fully saturated rings. The molecule has 0 amide bonds. The third-order valence-electron chi connectivity index (χ3n) is 1.41. The van der Waals surface area contributed by atoms with E-state index in [1.807, 2.05) is 17.5 Å². The van der Waals surface area contributed by atoms with E-state index in [2.05, 4.69) is 15.9 Å². The molecular formula is C8H8BrClOS. The molecule has 0 radical (unpaired) electrons. The Hall–Kier alpha value is 0.140. The van der Waals surface area contributed by atoms with Crippen LogP contribution in [0.1, 0.15) is 16.1 Å². The smallest absolute Gasteiger partial charge is 0.186 e. The van der Waals surface area contributed by atoms with Crippen LogP contribution in [-0.2, 0) is 0 Å². The van der Waals surface area contributed by atoms with Gasteiger partial charge in [-0.05, 0) is 17.9 Å². The molecule has 1 aromatic rings. The molecule has 0 aliphatic heterocycles. The van der Waals surface area contributed by atoms with Gasteiger partial charge in [-0.25, -0.2) is 0 Å². The molecule has 1 aromatic heterocycles. The van der Waals surface area contributed by atoms with Crippen molar-refractivity contribution in [3.63, 3.8) is 0 Å². The summed E-state index contributed by atoms with van der Waals surface area (Å²) in [5, 5.41) is 1.90. The fraction of sp³-hybridized carbons (Fsp3) is 0.375. The summed E-state index contributed by atoms with van der Waals surface area (Å²) in [7, 11) is 0. The van der Waals surface area contributed by atoms with Gasteiger partial charge in [0.15, 0.2) is 5.78 Å². The third-order valence-corrected chi connectivity index (χ3v) is 3.39. The van der Waals surface area contributed by atoms with Crippen molar-refractivity contribution in [1.29, 1.82) is 0 Å². The second-order valence-corrected chi connectivity index (χ2v) is 4.72. The second-order valence-electron chi connectivity index (χ2n) is 2.29. The van der Waals surface area contributed by atoms with Crippen molar-refractivity contribution in [3.05, 3.63) is 22.4 Å². The summed E-state index contributed by atoms with van der Waals surface area (Å²) in [6.45, 7) is 0. The molecule has 66 valence electrons. The van der Waals surface area contributed by atoms with Crippen molar-refractivity contribution in [2.75, 3.05) is 5.88 Å². The maximum atomic E-state index is 11.5. The Labute approximate surface area is 88.9 Å². The fourth-order valence-electron chi connectivity index (χ4n) is 0.800. The summed E-state index contributed by atoms with van der Waals surface area (Å²) in [6.07, 6.45) is 0.679. The molecule has 1 heterocycles. The minimum Gasteiger partial charge on any atom is -0.292 e. The average molecular weight is 268 g/mol. The molecule has 0 aliphatic carbocycles. The Bertz CT molecular complexity index is 248. The zero-order valence-corrected chi connectivity index (χ0v) is 9.45. The number of hydrogen-bond donors (Lipinski definition) is 0. The van der Waals surface area contributed by atoms with Gasteiger partial charge in [-0.1, -0.05) is 22.0 Å². The zero-order chi connectivity index (χ0) is 8.97. The number of carbonyl (C=O) groups is 1. The predicted molar refractivity (Wildman–Crippen MR) is 56.7 cm³/mol. The van der Waals surface area contributed by atoms with Crippen molar-refractivity contribution in [2.45, 2.75) is 11.2 Å². The SMILES string of the molecule is O=C(c1cccs1)C(Br)CCCl. The highest BCUT2D eigenvalue weighted by Gasteiger charge is 2.16. The van der Waals surface area contributed by atoms with Gasteiger partial charge in [0.25, 0.3) is 0 Å².